The van der Waals surface area contributed by atoms with Crippen molar-refractivity contribution in [2.45, 2.75) is 6.92 Å². The fourth-order valence-corrected chi connectivity index (χ4v) is 2.30. The largest absolute Gasteiger partial charge is 0.372 e. The van der Waals surface area contributed by atoms with Gasteiger partial charge in [-0.25, -0.2) is 4.68 Å². The van der Waals surface area contributed by atoms with Gasteiger partial charge in [0, 0.05) is 12.1 Å². The minimum atomic E-state index is 0.175. The Labute approximate surface area is 125 Å². The van der Waals surface area contributed by atoms with Gasteiger partial charge in [-0.05, 0) is 42.3 Å². The Morgan fingerprint density at radius 3 is 2.70 bits per heavy atom. The molecule has 20 heavy (non-hydrogen) atoms. The van der Waals surface area contributed by atoms with Gasteiger partial charge in [-0.3, -0.25) is 0 Å². The monoisotopic (exact) mass is 307 g/mol. The molecular formula is C13H11Cl2N5. The lowest BCUT2D eigenvalue weighted by Crippen LogP contribution is -2.00. The highest BCUT2D eigenvalue weighted by Crippen LogP contribution is 2.25. The van der Waals surface area contributed by atoms with Crippen molar-refractivity contribution in [3.63, 3.8) is 0 Å². The molecule has 102 valence electrons. The Balaban J connectivity index is 2.26. The van der Waals surface area contributed by atoms with E-state index in [2.05, 4.69) is 20.4 Å². The van der Waals surface area contributed by atoms with Gasteiger partial charge < -0.3 is 5.32 Å². The van der Waals surface area contributed by atoms with Crippen LogP contribution in [0.2, 0.25) is 10.3 Å². The van der Waals surface area contributed by atoms with Crippen LogP contribution in [0.25, 0.3) is 16.7 Å². The molecule has 0 atom stereocenters. The summed E-state index contributed by atoms with van der Waals surface area (Å²) in [6, 6.07) is 5.67. The van der Waals surface area contributed by atoms with Crippen LogP contribution in [-0.4, -0.2) is 26.8 Å². The molecule has 0 radical (unpaired) electrons. The minimum Gasteiger partial charge on any atom is -0.372 e. The van der Waals surface area contributed by atoms with Crippen molar-refractivity contribution in [3.05, 3.63) is 40.3 Å². The third-order valence-electron chi connectivity index (χ3n) is 3.02. The summed E-state index contributed by atoms with van der Waals surface area (Å²) in [6.45, 7) is 1.94. The number of hydrogen-bond donors (Lipinski definition) is 1. The fraction of sp³-hybridized carbons (Fsp3) is 0.154. The van der Waals surface area contributed by atoms with Gasteiger partial charge in [-0.2, -0.15) is 15.1 Å². The summed E-state index contributed by atoms with van der Waals surface area (Å²) >= 11 is 12.0. The number of benzene rings is 1. The third-order valence-corrected chi connectivity index (χ3v) is 3.62. The topological polar surface area (TPSA) is 55.6 Å². The molecule has 0 fully saturated rings. The van der Waals surface area contributed by atoms with E-state index in [1.807, 2.05) is 25.1 Å². The molecule has 0 bridgehead atoms. The number of hydrogen-bond acceptors (Lipinski definition) is 4. The van der Waals surface area contributed by atoms with Crippen LogP contribution in [-0.2, 0) is 0 Å². The van der Waals surface area contributed by atoms with E-state index in [0.29, 0.717) is 16.5 Å². The van der Waals surface area contributed by atoms with E-state index in [0.717, 1.165) is 16.6 Å². The molecule has 5 nitrogen and oxygen atoms in total. The lowest BCUT2D eigenvalue weighted by atomic mass is 10.2. The number of anilines is 1. The summed E-state index contributed by atoms with van der Waals surface area (Å²) in [5.41, 5.74) is 2.50. The first-order valence-corrected chi connectivity index (χ1v) is 6.71. The quantitative estimate of drug-likeness (QED) is 0.737. The predicted octanol–water partition coefficient (Wildman–Crippen LogP) is 3.47. The van der Waals surface area contributed by atoms with E-state index in [1.54, 1.807) is 17.9 Å². The first-order chi connectivity index (χ1) is 9.60. The average molecular weight is 308 g/mol. The summed E-state index contributed by atoms with van der Waals surface area (Å²) in [5, 5.41) is 9.05. The Morgan fingerprint density at radius 2 is 2.00 bits per heavy atom. The first-order valence-electron chi connectivity index (χ1n) is 5.95. The van der Waals surface area contributed by atoms with Gasteiger partial charge in [0.25, 0.3) is 0 Å². The Hall–Kier alpha value is -1.85. The van der Waals surface area contributed by atoms with Crippen LogP contribution < -0.4 is 5.32 Å². The zero-order valence-corrected chi connectivity index (χ0v) is 12.4. The maximum Gasteiger partial charge on any atom is 0.226 e. The highest BCUT2D eigenvalue weighted by Gasteiger charge is 2.13. The van der Waals surface area contributed by atoms with Gasteiger partial charge in [0.2, 0.25) is 5.28 Å². The Bertz CT molecular complexity index is 797. The van der Waals surface area contributed by atoms with E-state index in [9.17, 15) is 0 Å². The standard InChI is InChI=1S/C13H11Cl2N5/c1-7-5-8(3-4-10(7)14)20-12-9(6-17-20)11(16-2)18-13(15)19-12/h3-6H,1-2H3,(H,16,18,19). The summed E-state index contributed by atoms with van der Waals surface area (Å²) in [6.07, 6.45) is 1.71. The van der Waals surface area contributed by atoms with E-state index in [-0.39, 0.29) is 5.28 Å². The highest BCUT2D eigenvalue weighted by atomic mass is 35.5. The number of halogens is 2. The maximum absolute atomic E-state index is 6.05. The van der Waals surface area contributed by atoms with Crippen molar-refractivity contribution >= 4 is 40.1 Å². The van der Waals surface area contributed by atoms with Crippen molar-refractivity contribution in [2.24, 2.45) is 0 Å². The lowest BCUT2D eigenvalue weighted by molar-refractivity contribution is 0.894. The van der Waals surface area contributed by atoms with Crippen molar-refractivity contribution < 1.29 is 0 Å². The second kappa shape index (κ2) is 4.92. The minimum absolute atomic E-state index is 0.175. The molecular weight excluding hydrogens is 297 g/mol. The van der Waals surface area contributed by atoms with Gasteiger partial charge >= 0.3 is 0 Å². The SMILES string of the molecule is CNc1nc(Cl)nc2c1cnn2-c1ccc(Cl)c(C)c1. The molecule has 0 saturated carbocycles. The van der Waals surface area contributed by atoms with Crippen LogP contribution in [0.4, 0.5) is 5.82 Å². The molecule has 2 aromatic heterocycles. The van der Waals surface area contributed by atoms with E-state index in [1.165, 1.54) is 0 Å². The molecule has 0 unspecified atom stereocenters. The highest BCUT2D eigenvalue weighted by molar-refractivity contribution is 6.31. The van der Waals surface area contributed by atoms with Crippen LogP contribution in [0.1, 0.15) is 5.56 Å². The number of aryl methyl sites for hydroxylation is 1. The smallest absolute Gasteiger partial charge is 0.226 e. The molecule has 0 spiro atoms. The molecule has 1 N–H and O–H groups in total. The number of nitrogens with one attached hydrogen (secondary N) is 1. The number of aromatic nitrogens is 4. The zero-order chi connectivity index (χ0) is 14.3. The van der Waals surface area contributed by atoms with Crippen molar-refractivity contribution in [1.29, 1.82) is 0 Å². The first kappa shape index (κ1) is 13.1. The Morgan fingerprint density at radius 1 is 1.20 bits per heavy atom. The molecule has 2 heterocycles. The second-order valence-electron chi connectivity index (χ2n) is 4.32. The fourth-order valence-electron chi connectivity index (χ4n) is 2.02. The average Bonchev–Trinajstić information content (AvgIpc) is 2.84. The summed E-state index contributed by atoms with van der Waals surface area (Å²) in [5.74, 6) is 0.650. The second-order valence-corrected chi connectivity index (χ2v) is 5.06. The molecule has 0 aliphatic rings. The third kappa shape index (κ3) is 2.09. The van der Waals surface area contributed by atoms with Crippen molar-refractivity contribution in [1.82, 2.24) is 19.7 Å². The zero-order valence-electron chi connectivity index (χ0n) is 10.9. The molecule has 0 amide bonds. The normalized spacial score (nSPS) is 11.0. The van der Waals surface area contributed by atoms with Crippen molar-refractivity contribution in [3.8, 4) is 5.69 Å². The van der Waals surface area contributed by atoms with Crippen LogP contribution in [0, 0.1) is 6.92 Å². The Kier molecular flexibility index (Phi) is 3.23. The van der Waals surface area contributed by atoms with Gasteiger partial charge in [0.05, 0.1) is 17.3 Å². The van der Waals surface area contributed by atoms with Gasteiger partial charge in [-0.1, -0.05) is 11.6 Å². The maximum atomic E-state index is 6.05. The number of rotatable bonds is 2. The molecule has 0 saturated heterocycles. The van der Waals surface area contributed by atoms with Crippen LogP contribution in [0.5, 0.6) is 0 Å². The summed E-state index contributed by atoms with van der Waals surface area (Å²) in [7, 11) is 1.78. The summed E-state index contributed by atoms with van der Waals surface area (Å²) < 4.78 is 1.72. The number of nitrogens with zero attached hydrogens (tertiary/aromatic N) is 4. The summed E-state index contributed by atoms with van der Waals surface area (Å²) in [4.78, 5) is 8.38. The molecule has 3 rings (SSSR count). The van der Waals surface area contributed by atoms with Crippen molar-refractivity contribution in [2.75, 3.05) is 12.4 Å². The number of fused-ring (bicyclic) bond motifs is 1. The van der Waals surface area contributed by atoms with Crippen LogP contribution in [0.3, 0.4) is 0 Å². The van der Waals surface area contributed by atoms with Crippen LogP contribution >= 0.6 is 23.2 Å². The van der Waals surface area contributed by atoms with E-state index >= 15 is 0 Å². The van der Waals surface area contributed by atoms with E-state index in [4.69, 9.17) is 23.2 Å². The van der Waals surface area contributed by atoms with Gasteiger partial charge in [0.15, 0.2) is 5.65 Å². The molecule has 0 aliphatic heterocycles. The van der Waals surface area contributed by atoms with Gasteiger partial charge in [0.1, 0.15) is 5.82 Å². The predicted molar refractivity (Wildman–Crippen MR) is 81.0 cm³/mol. The molecule has 0 aliphatic carbocycles. The lowest BCUT2D eigenvalue weighted by Gasteiger charge is -2.06. The van der Waals surface area contributed by atoms with E-state index < -0.39 is 0 Å². The van der Waals surface area contributed by atoms with Crippen LogP contribution in [0.15, 0.2) is 24.4 Å². The van der Waals surface area contributed by atoms with Gasteiger partial charge in [-0.15, -0.1) is 0 Å². The molecule has 1 aromatic carbocycles. The molecule has 7 heteroatoms. The molecule has 3 aromatic rings.